The van der Waals surface area contributed by atoms with Crippen molar-refractivity contribution in [1.82, 2.24) is 0 Å². The predicted octanol–water partition coefficient (Wildman–Crippen LogP) is 5.67. The minimum Gasteiger partial charge on any atom is -0.378 e. The largest absolute Gasteiger partial charge is 0.378 e. The second-order valence-electron chi connectivity index (χ2n) is 4.95. The van der Waals surface area contributed by atoms with E-state index in [1.165, 1.54) is 16.3 Å². The van der Waals surface area contributed by atoms with Gasteiger partial charge >= 0.3 is 0 Å². The molecule has 0 spiro atoms. The SMILES string of the molecule is CC(Nc1cccc2ccccc12)c1cccc(Cl)c1. The van der Waals surface area contributed by atoms with E-state index in [9.17, 15) is 0 Å². The monoisotopic (exact) mass is 281 g/mol. The molecule has 0 aliphatic heterocycles. The number of hydrogen-bond acceptors (Lipinski definition) is 1. The van der Waals surface area contributed by atoms with Crippen LogP contribution in [-0.4, -0.2) is 0 Å². The van der Waals surface area contributed by atoms with Crippen LogP contribution in [0, 0.1) is 0 Å². The summed E-state index contributed by atoms with van der Waals surface area (Å²) in [6.07, 6.45) is 0. The molecule has 0 heterocycles. The average molecular weight is 282 g/mol. The van der Waals surface area contributed by atoms with E-state index in [1.807, 2.05) is 18.2 Å². The van der Waals surface area contributed by atoms with Crippen LogP contribution in [0.3, 0.4) is 0 Å². The van der Waals surface area contributed by atoms with Gasteiger partial charge in [-0.05, 0) is 36.1 Å². The summed E-state index contributed by atoms with van der Waals surface area (Å²) in [5.74, 6) is 0. The fourth-order valence-corrected chi connectivity index (χ4v) is 2.64. The third-order valence-corrected chi connectivity index (χ3v) is 3.75. The summed E-state index contributed by atoms with van der Waals surface area (Å²) >= 11 is 6.06. The fraction of sp³-hybridized carbons (Fsp3) is 0.111. The summed E-state index contributed by atoms with van der Waals surface area (Å²) in [5, 5.41) is 6.83. The van der Waals surface area contributed by atoms with Gasteiger partial charge in [0.25, 0.3) is 0 Å². The molecule has 0 amide bonds. The Labute approximate surface area is 124 Å². The topological polar surface area (TPSA) is 12.0 Å². The molecule has 2 heteroatoms. The number of hydrogen-bond donors (Lipinski definition) is 1. The summed E-state index contributed by atoms with van der Waals surface area (Å²) in [6, 6.07) is 22.9. The molecule has 1 N–H and O–H groups in total. The van der Waals surface area contributed by atoms with Gasteiger partial charge in [-0.2, -0.15) is 0 Å². The normalized spacial score (nSPS) is 12.3. The number of nitrogens with one attached hydrogen (secondary N) is 1. The molecule has 1 nitrogen and oxygen atoms in total. The maximum Gasteiger partial charge on any atom is 0.0486 e. The molecule has 3 rings (SSSR count). The molecule has 1 atom stereocenters. The minimum atomic E-state index is 0.208. The first-order valence-corrected chi connectivity index (χ1v) is 7.11. The zero-order chi connectivity index (χ0) is 13.9. The fourth-order valence-electron chi connectivity index (χ4n) is 2.44. The highest BCUT2D eigenvalue weighted by Gasteiger charge is 2.07. The quantitative estimate of drug-likeness (QED) is 0.652. The van der Waals surface area contributed by atoms with E-state index in [4.69, 9.17) is 11.6 Å². The van der Waals surface area contributed by atoms with Crippen LogP contribution < -0.4 is 5.32 Å². The van der Waals surface area contributed by atoms with Crippen LogP contribution in [0.25, 0.3) is 10.8 Å². The lowest BCUT2D eigenvalue weighted by molar-refractivity contribution is 0.887. The smallest absolute Gasteiger partial charge is 0.0486 e. The van der Waals surface area contributed by atoms with Crippen molar-refractivity contribution in [2.45, 2.75) is 13.0 Å². The Morgan fingerprint density at radius 2 is 1.65 bits per heavy atom. The molecule has 0 aliphatic carbocycles. The van der Waals surface area contributed by atoms with Crippen molar-refractivity contribution in [3.8, 4) is 0 Å². The zero-order valence-corrected chi connectivity index (χ0v) is 12.1. The molecule has 100 valence electrons. The lowest BCUT2D eigenvalue weighted by Gasteiger charge is -2.17. The van der Waals surface area contributed by atoms with Crippen molar-refractivity contribution < 1.29 is 0 Å². The van der Waals surface area contributed by atoms with E-state index in [0.717, 1.165) is 10.7 Å². The highest BCUT2D eigenvalue weighted by atomic mass is 35.5. The van der Waals surface area contributed by atoms with E-state index in [-0.39, 0.29) is 6.04 Å². The van der Waals surface area contributed by atoms with Crippen molar-refractivity contribution >= 4 is 28.1 Å². The molecular weight excluding hydrogens is 266 g/mol. The Kier molecular flexibility index (Phi) is 3.62. The number of fused-ring (bicyclic) bond motifs is 1. The van der Waals surface area contributed by atoms with Crippen LogP contribution in [0.15, 0.2) is 66.7 Å². The van der Waals surface area contributed by atoms with Crippen molar-refractivity contribution in [1.29, 1.82) is 0 Å². The number of benzene rings is 3. The van der Waals surface area contributed by atoms with E-state index in [0.29, 0.717) is 0 Å². The van der Waals surface area contributed by atoms with Crippen LogP contribution >= 0.6 is 11.6 Å². The molecule has 0 saturated heterocycles. The van der Waals surface area contributed by atoms with Gasteiger partial charge in [0.05, 0.1) is 0 Å². The van der Waals surface area contributed by atoms with E-state index in [1.54, 1.807) is 0 Å². The molecule has 20 heavy (non-hydrogen) atoms. The van der Waals surface area contributed by atoms with Crippen molar-refractivity contribution in [2.24, 2.45) is 0 Å². The Hall–Kier alpha value is -1.99. The third-order valence-electron chi connectivity index (χ3n) is 3.51. The summed E-state index contributed by atoms with van der Waals surface area (Å²) < 4.78 is 0. The van der Waals surface area contributed by atoms with Gasteiger partial charge in [0.15, 0.2) is 0 Å². The van der Waals surface area contributed by atoms with Gasteiger partial charge in [0.2, 0.25) is 0 Å². The standard InChI is InChI=1S/C18H16ClN/c1-13(15-8-4-9-16(19)12-15)20-18-11-5-7-14-6-2-3-10-17(14)18/h2-13,20H,1H3. The summed E-state index contributed by atoms with van der Waals surface area (Å²) in [4.78, 5) is 0. The van der Waals surface area contributed by atoms with E-state index in [2.05, 4.69) is 60.8 Å². The van der Waals surface area contributed by atoms with Gasteiger partial charge in [-0.15, -0.1) is 0 Å². The summed E-state index contributed by atoms with van der Waals surface area (Å²) in [5.41, 5.74) is 2.33. The van der Waals surface area contributed by atoms with Crippen molar-refractivity contribution in [2.75, 3.05) is 5.32 Å². The van der Waals surface area contributed by atoms with Crippen LogP contribution in [0.5, 0.6) is 0 Å². The molecule has 0 bridgehead atoms. The minimum absolute atomic E-state index is 0.208. The Bertz CT molecular complexity index is 731. The molecule has 3 aromatic carbocycles. The molecular formula is C18H16ClN. The van der Waals surface area contributed by atoms with Crippen LogP contribution in [0.1, 0.15) is 18.5 Å². The van der Waals surface area contributed by atoms with Crippen LogP contribution in [0.4, 0.5) is 5.69 Å². The molecule has 0 aliphatic rings. The van der Waals surface area contributed by atoms with Gasteiger partial charge in [0.1, 0.15) is 0 Å². The number of anilines is 1. The second-order valence-corrected chi connectivity index (χ2v) is 5.38. The predicted molar refractivity (Wildman–Crippen MR) is 87.4 cm³/mol. The van der Waals surface area contributed by atoms with Gasteiger partial charge < -0.3 is 5.32 Å². The van der Waals surface area contributed by atoms with E-state index >= 15 is 0 Å². The molecule has 0 fully saturated rings. The molecule has 0 saturated carbocycles. The van der Waals surface area contributed by atoms with Gasteiger partial charge in [-0.25, -0.2) is 0 Å². The van der Waals surface area contributed by atoms with E-state index < -0.39 is 0 Å². The Morgan fingerprint density at radius 1 is 0.900 bits per heavy atom. The van der Waals surface area contributed by atoms with Crippen molar-refractivity contribution in [3.05, 3.63) is 77.3 Å². The maximum atomic E-state index is 6.06. The first-order chi connectivity index (χ1) is 9.74. The second kappa shape index (κ2) is 5.56. The number of halogens is 1. The zero-order valence-electron chi connectivity index (χ0n) is 11.3. The number of rotatable bonds is 3. The molecule has 1 unspecified atom stereocenters. The van der Waals surface area contributed by atoms with Crippen LogP contribution in [-0.2, 0) is 0 Å². The molecule has 0 aromatic heterocycles. The van der Waals surface area contributed by atoms with Gasteiger partial charge in [-0.1, -0.05) is 60.1 Å². The molecule has 0 radical (unpaired) electrons. The Balaban J connectivity index is 1.93. The maximum absolute atomic E-state index is 6.06. The first-order valence-electron chi connectivity index (χ1n) is 6.74. The van der Waals surface area contributed by atoms with Gasteiger partial charge in [0, 0.05) is 22.1 Å². The lowest BCUT2D eigenvalue weighted by Crippen LogP contribution is -2.06. The highest BCUT2D eigenvalue weighted by molar-refractivity contribution is 6.30. The average Bonchev–Trinajstić information content (AvgIpc) is 2.47. The Morgan fingerprint density at radius 3 is 2.50 bits per heavy atom. The lowest BCUT2D eigenvalue weighted by atomic mass is 10.1. The molecule has 3 aromatic rings. The summed E-state index contributed by atoms with van der Waals surface area (Å²) in [6.45, 7) is 2.15. The van der Waals surface area contributed by atoms with Gasteiger partial charge in [-0.3, -0.25) is 0 Å². The first kappa shape index (κ1) is 13.0. The highest BCUT2D eigenvalue weighted by Crippen LogP contribution is 2.27. The summed E-state index contributed by atoms with van der Waals surface area (Å²) in [7, 11) is 0. The van der Waals surface area contributed by atoms with Crippen LogP contribution in [0.2, 0.25) is 5.02 Å². The third kappa shape index (κ3) is 2.63. The van der Waals surface area contributed by atoms with Crippen molar-refractivity contribution in [3.63, 3.8) is 0 Å².